The Balaban J connectivity index is 2.13. The van der Waals surface area contributed by atoms with Gasteiger partial charge in [-0.25, -0.2) is 8.42 Å². The Hall–Kier alpha value is -0.660. The molecule has 7 heteroatoms. The minimum atomic E-state index is -3.10. The molecule has 122 valence electrons. The molecule has 2 rings (SSSR count). The third kappa shape index (κ3) is 2.59. The van der Waals surface area contributed by atoms with Crippen LogP contribution >= 0.6 is 0 Å². The molecule has 1 heterocycles. The summed E-state index contributed by atoms with van der Waals surface area (Å²) < 4.78 is 28.3. The predicted octanol–water partition coefficient (Wildman–Crippen LogP) is 0.0219. The summed E-state index contributed by atoms with van der Waals surface area (Å²) in [5, 5.41) is 0. The lowest BCUT2D eigenvalue weighted by Gasteiger charge is -2.65. The molecule has 2 fully saturated rings. The maximum Gasteiger partial charge on any atom is 0.243 e. The van der Waals surface area contributed by atoms with Crippen molar-refractivity contribution in [2.24, 2.45) is 17.1 Å². The van der Waals surface area contributed by atoms with E-state index in [2.05, 4.69) is 0 Å². The molecule has 0 spiro atoms. The molecule has 1 amide bonds. The van der Waals surface area contributed by atoms with Crippen LogP contribution in [0.1, 0.15) is 26.7 Å². The van der Waals surface area contributed by atoms with Gasteiger partial charge in [0.15, 0.2) is 0 Å². The van der Waals surface area contributed by atoms with Gasteiger partial charge in [-0.05, 0) is 12.8 Å². The number of hydrogen-bond acceptors (Lipinski definition) is 5. The maximum absolute atomic E-state index is 12.8. The molecule has 0 aromatic rings. The first kappa shape index (κ1) is 16.7. The molecule has 0 bridgehead atoms. The summed E-state index contributed by atoms with van der Waals surface area (Å²) in [5.74, 6) is -0.201. The van der Waals surface area contributed by atoms with Crippen LogP contribution in [-0.4, -0.2) is 63.1 Å². The fraction of sp³-hybridized carbons (Fsp3) is 0.929. The molecular formula is C14H26N2O4S. The van der Waals surface area contributed by atoms with Gasteiger partial charge in [-0.15, -0.1) is 0 Å². The molecule has 1 aliphatic carbocycles. The standard InChI is InChI=1S/C14H26N2O4S/c1-13(2)11-10(6-5-8-20-11)14(13,15)12(17)16(3)7-9-21(4,18)19/h10-11H,5-9,15H2,1-4H3. The second-order valence-corrected chi connectivity index (χ2v) is 9.25. The van der Waals surface area contributed by atoms with E-state index in [1.54, 1.807) is 7.05 Å². The molecule has 0 aromatic carbocycles. The largest absolute Gasteiger partial charge is 0.377 e. The monoisotopic (exact) mass is 318 g/mol. The second kappa shape index (κ2) is 5.21. The number of sulfone groups is 1. The van der Waals surface area contributed by atoms with Gasteiger partial charge in [-0.2, -0.15) is 0 Å². The number of likely N-dealkylation sites (N-methyl/N-ethyl adjacent to an activating group) is 1. The smallest absolute Gasteiger partial charge is 0.243 e. The van der Waals surface area contributed by atoms with Crippen LogP contribution in [0.25, 0.3) is 0 Å². The molecule has 0 radical (unpaired) electrons. The summed E-state index contributed by atoms with van der Waals surface area (Å²) in [4.78, 5) is 14.2. The van der Waals surface area contributed by atoms with Crippen LogP contribution in [0, 0.1) is 11.3 Å². The number of ether oxygens (including phenoxy) is 1. The van der Waals surface area contributed by atoms with E-state index in [-0.39, 0.29) is 30.2 Å². The summed E-state index contributed by atoms with van der Waals surface area (Å²) in [5.41, 5.74) is 5.09. The van der Waals surface area contributed by atoms with Crippen molar-refractivity contribution >= 4 is 15.7 Å². The summed E-state index contributed by atoms with van der Waals surface area (Å²) in [6.07, 6.45) is 2.98. The highest BCUT2D eigenvalue weighted by Crippen LogP contribution is 2.57. The van der Waals surface area contributed by atoms with Gasteiger partial charge >= 0.3 is 0 Å². The van der Waals surface area contributed by atoms with Gasteiger partial charge in [0.25, 0.3) is 0 Å². The Morgan fingerprint density at radius 1 is 1.43 bits per heavy atom. The number of hydrogen-bond donors (Lipinski definition) is 1. The van der Waals surface area contributed by atoms with Crippen LogP contribution in [0.15, 0.2) is 0 Å². The van der Waals surface area contributed by atoms with E-state index in [1.165, 1.54) is 11.2 Å². The van der Waals surface area contributed by atoms with E-state index < -0.39 is 20.8 Å². The zero-order chi connectivity index (χ0) is 16.1. The van der Waals surface area contributed by atoms with E-state index in [9.17, 15) is 13.2 Å². The molecule has 1 saturated carbocycles. The average molecular weight is 318 g/mol. The zero-order valence-corrected chi connectivity index (χ0v) is 14.1. The van der Waals surface area contributed by atoms with Crippen molar-refractivity contribution < 1.29 is 17.9 Å². The molecule has 21 heavy (non-hydrogen) atoms. The molecule has 0 aromatic heterocycles. The first-order valence-corrected chi connectivity index (χ1v) is 9.41. The zero-order valence-electron chi connectivity index (χ0n) is 13.3. The van der Waals surface area contributed by atoms with Gasteiger partial charge in [0, 0.05) is 37.8 Å². The molecule has 1 aliphatic heterocycles. The van der Waals surface area contributed by atoms with Crippen molar-refractivity contribution in [2.75, 3.05) is 32.2 Å². The van der Waals surface area contributed by atoms with Crippen LogP contribution in [-0.2, 0) is 19.4 Å². The number of carbonyl (C=O) groups excluding carboxylic acids is 1. The first-order chi connectivity index (χ1) is 9.52. The number of rotatable bonds is 4. The highest BCUT2D eigenvalue weighted by Gasteiger charge is 2.70. The number of carbonyl (C=O) groups is 1. The molecule has 2 N–H and O–H groups in total. The van der Waals surface area contributed by atoms with Crippen molar-refractivity contribution in [1.82, 2.24) is 4.90 Å². The van der Waals surface area contributed by atoms with E-state index >= 15 is 0 Å². The minimum absolute atomic E-state index is 0.0171. The quantitative estimate of drug-likeness (QED) is 0.789. The highest BCUT2D eigenvalue weighted by molar-refractivity contribution is 7.90. The van der Waals surface area contributed by atoms with Gasteiger partial charge in [0.1, 0.15) is 15.4 Å². The van der Waals surface area contributed by atoms with E-state index in [0.717, 1.165) is 19.4 Å². The van der Waals surface area contributed by atoms with E-state index in [4.69, 9.17) is 10.5 Å². The fourth-order valence-electron chi connectivity index (χ4n) is 3.73. The number of nitrogens with two attached hydrogens (primary N) is 1. The lowest BCUT2D eigenvalue weighted by atomic mass is 9.46. The highest BCUT2D eigenvalue weighted by atomic mass is 32.2. The number of amides is 1. The van der Waals surface area contributed by atoms with E-state index in [0.29, 0.717) is 0 Å². The first-order valence-electron chi connectivity index (χ1n) is 7.35. The van der Waals surface area contributed by atoms with Gasteiger partial charge in [-0.1, -0.05) is 13.8 Å². The van der Waals surface area contributed by atoms with Crippen LogP contribution in [0.5, 0.6) is 0 Å². The van der Waals surface area contributed by atoms with Gasteiger partial charge < -0.3 is 15.4 Å². The van der Waals surface area contributed by atoms with Crippen molar-refractivity contribution in [3.05, 3.63) is 0 Å². The van der Waals surface area contributed by atoms with Crippen molar-refractivity contribution in [3.63, 3.8) is 0 Å². The summed E-state index contributed by atoms with van der Waals surface area (Å²) in [6, 6.07) is 0. The van der Waals surface area contributed by atoms with Crippen LogP contribution in [0.4, 0.5) is 0 Å². The topological polar surface area (TPSA) is 89.7 Å². The Bertz CT molecular complexity index is 531. The van der Waals surface area contributed by atoms with Crippen molar-refractivity contribution in [1.29, 1.82) is 0 Å². The Kier molecular flexibility index (Phi) is 4.14. The summed E-state index contributed by atoms with van der Waals surface area (Å²) in [6.45, 7) is 4.81. The third-order valence-corrected chi connectivity index (χ3v) is 6.11. The van der Waals surface area contributed by atoms with E-state index in [1.807, 2.05) is 13.8 Å². The lowest BCUT2D eigenvalue weighted by molar-refractivity contribution is -0.229. The van der Waals surface area contributed by atoms with Gasteiger partial charge in [0.05, 0.1) is 11.9 Å². The number of fused-ring (bicyclic) bond motifs is 1. The summed E-state index contributed by atoms with van der Waals surface area (Å²) >= 11 is 0. The van der Waals surface area contributed by atoms with Crippen molar-refractivity contribution in [2.45, 2.75) is 38.3 Å². The van der Waals surface area contributed by atoms with Crippen LogP contribution in [0.2, 0.25) is 0 Å². The summed E-state index contributed by atoms with van der Waals surface area (Å²) in [7, 11) is -1.48. The SMILES string of the molecule is CN(CCS(C)(=O)=O)C(=O)C1(N)C2CCCOC2C1(C)C. The predicted molar refractivity (Wildman–Crippen MR) is 80.5 cm³/mol. The minimum Gasteiger partial charge on any atom is -0.377 e. The fourth-order valence-corrected chi connectivity index (χ4v) is 4.34. The maximum atomic E-state index is 12.8. The van der Waals surface area contributed by atoms with Gasteiger partial charge in [-0.3, -0.25) is 4.79 Å². The Morgan fingerprint density at radius 3 is 2.62 bits per heavy atom. The van der Waals surface area contributed by atoms with Crippen LogP contribution < -0.4 is 5.73 Å². The molecule has 3 atom stereocenters. The molecule has 1 saturated heterocycles. The van der Waals surface area contributed by atoms with Crippen LogP contribution in [0.3, 0.4) is 0 Å². The normalized spacial score (nSPS) is 34.7. The molecule has 2 aliphatic rings. The Labute approximate surface area is 126 Å². The lowest BCUT2D eigenvalue weighted by Crippen LogP contribution is -2.82. The number of nitrogens with zero attached hydrogens (tertiary/aromatic N) is 1. The Morgan fingerprint density at radius 2 is 2.05 bits per heavy atom. The third-order valence-electron chi connectivity index (χ3n) is 5.18. The van der Waals surface area contributed by atoms with Crippen molar-refractivity contribution in [3.8, 4) is 0 Å². The van der Waals surface area contributed by atoms with Gasteiger partial charge in [0.2, 0.25) is 5.91 Å². The molecular weight excluding hydrogens is 292 g/mol. The molecule has 6 nitrogen and oxygen atoms in total. The second-order valence-electron chi connectivity index (χ2n) is 6.99. The average Bonchev–Trinajstić information content (AvgIpc) is 2.42. The molecule has 3 unspecified atom stereocenters.